The predicted octanol–water partition coefficient (Wildman–Crippen LogP) is 2.20. The Bertz CT molecular complexity index is 394. The average molecular weight is 249 g/mol. The molecule has 0 aromatic carbocycles. The van der Waals surface area contributed by atoms with Gasteiger partial charge < -0.3 is 10.0 Å². The molecule has 2 heterocycles. The molecule has 4 nitrogen and oxygen atoms in total. The van der Waals surface area contributed by atoms with E-state index in [1.165, 1.54) is 0 Å². The Balaban J connectivity index is 2.05. The Labute approximate surface area is 109 Å². The van der Waals surface area contributed by atoms with Crippen molar-refractivity contribution in [3.8, 4) is 0 Å². The van der Waals surface area contributed by atoms with Crippen LogP contribution < -0.4 is 4.90 Å². The van der Waals surface area contributed by atoms with Gasteiger partial charge in [-0.05, 0) is 31.7 Å². The van der Waals surface area contributed by atoms with Gasteiger partial charge in [0.2, 0.25) is 5.95 Å². The van der Waals surface area contributed by atoms with E-state index >= 15 is 0 Å². The van der Waals surface area contributed by atoms with Crippen LogP contribution >= 0.6 is 0 Å². The second-order valence-corrected chi connectivity index (χ2v) is 6.06. The molecular formula is C14H23N3O. The predicted molar refractivity (Wildman–Crippen MR) is 72.7 cm³/mol. The first-order valence-electron chi connectivity index (χ1n) is 6.67. The summed E-state index contributed by atoms with van der Waals surface area (Å²) in [5, 5.41) is 10.0. The number of nitrogens with zero attached hydrogens (tertiary/aromatic N) is 3. The molecule has 1 aromatic rings. The Morgan fingerprint density at radius 1 is 1.33 bits per heavy atom. The van der Waals surface area contributed by atoms with Crippen LogP contribution in [-0.4, -0.2) is 33.8 Å². The summed E-state index contributed by atoms with van der Waals surface area (Å²) in [6.07, 6.45) is 4.81. The summed E-state index contributed by atoms with van der Waals surface area (Å²) in [6.45, 7) is 9.80. The third-order valence-electron chi connectivity index (χ3n) is 3.80. The van der Waals surface area contributed by atoms with Gasteiger partial charge in [0.1, 0.15) is 0 Å². The van der Waals surface area contributed by atoms with Gasteiger partial charge in [-0.3, -0.25) is 0 Å². The van der Waals surface area contributed by atoms with Crippen molar-refractivity contribution in [2.45, 2.75) is 45.6 Å². The Morgan fingerprint density at radius 3 is 2.39 bits per heavy atom. The topological polar surface area (TPSA) is 49.2 Å². The van der Waals surface area contributed by atoms with Gasteiger partial charge in [-0.15, -0.1) is 0 Å². The lowest BCUT2D eigenvalue weighted by Crippen LogP contribution is -2.33. The molecule has 0 radical (unpaired) electrons. The number of aromatic nitrogens is 2. The molecule has 0 bridgehead atoms. The quantitative estimate of drug-likeness (QED) is 0.892. The highest BCUT2D eigenvalue weighted by atomic mass is 16.3. The van der Waals surface area contributed by atoms with Gasteiger partial charge in [-0.2, -0.15) is 0 Å². The van der Waals surface area contributed by atoms with Crippen molar-refractivity contribution in [2.24, 2.45) is 5.92 Å². The van der Waals surface area contributed by atoms with Crippen LogP contribution in [0, 0.1) is 5.92 Å². The van der Waals surface area contributed by atoms with Crippen LogP contribution in [0.2, 0.25) is 0 Å². The summed E-state index contributed by atoms with van der Waals surface area (Å²) in [6, 6.07) is 0. The zero-order valence-electron chi connectivity index (χ0n) is 11.7. The van der Waals surface area contributed by atoms with Crippen LogP contribution in [0.4, 0.5) is 5.95 Å². The summed E-state index contributed by atoms with van der Waals surface area (Å²) in [5.74, 6) is 1.54. The lowest BCUT2D eigenvalue weighted by molar-refractivity contribution is 0.0263. The zero-order valence-corrected chi connectivity index (χ0v) is 11.7. The van der Waals surface area contributed by atoms with Crippen molar-refractivity contribution in [1.82, 2.24) is 9.97 Å². The van der Waals surface area contributed by atoms with E-state index in [-0.39, 0.29) is 0 Å². The third kappa shape index (κ3) is 2.80. The van der Waals surface area contributed by atoms with Crippen molar-refractivity contribution in [2.75, 3.05) is 18.0 Å². The summed E-state index contributed by atoms with van der Waals surface area (Å²) in [5.41, 5.74) is 0.545. The summed E-state index contributed by atoms with van der Waals surface area (Å²) in [7, 11) is 0. The van der Waals surface area contributed by atoms with Crippen LogP contribution in [-0.2, 0) is 0 Å². The molecule has 1 fully saturated rings. The maximum absolute atomic E-state index is 10.0. The molecule has 1 unspecified atom stereocenters. The summed E-state index contributed by atoms with van der Waals surface area (Å²) < 4.78 is 0. The molecule has 1 aliphatic rings. The molecule has 1 aromatic heterocycles. The lowest BCUT2D eigenvalue weighted by atomic mass is 9.91. The fraction of sp³-hybridized carbons (Fsp3) is 0.714. The SMILES string of the molecule is CC(C)c1cnc(N2CCC(C(C)(C)O)C2)nc1. The second kappa shape index (κ2) is 4.84. The fourth-order valence-electron chi connectivity index (χ4n) is 2.31. The fourth-order valence-corrected chi connectivity index (χ4v) is 2.31. The molecule has 1 atom stereocenters. The van der Waals surface area contributed by atoms with Crippen molar-refractivity contribution in [3.63, 3.8) is 0 Å². The van der Waals surface area contributed by atoms with E-state index in [0.29, 0.717) is 11.8 Å². The molecule has 1 saturated heterocycles. The smallest absolute Gasteiger partial charge is 0.225 e. The van der Waals surface area contributed by atoms with Gasteiger partial charge in [0.25, 0.3) is 0 Å². The first-order chi connectivity index (χ1) is 8.38. The van der Waals surface area contributed by atoms with Crippen molar-refractivity contribution in [1.29, 1.82) is 0 Å². The molecule has 1 aliphatic heterocycles. The van der Waals surface area contributed by atoms with E-state index in [9.17, 15) is 5.11 Å². The van der Waals surface area contributed by atoms with E-state index < -0.39 is 5.60 Å². The zero-order chi connectivity index (χ0) is 13.3. The highest BCUT2D eigenvalue weighted by molar-refractivity contribution is 5.32. The van der Waals surface area contributed by atoms with Gasteiger partial charge >= 0.3 is 0 Å². The number of hydrogen-bond acceptors (Lipinski definition) is 4. The van der Waals surface area contributed by atoms with Gasteiger partial charge in [0.05, 0.1) is 5.60 Å². The maximum atomic E-state index is 10.0. The second-order valence-electron chi connectivity index (χ2n) is 6.06. The molecule has 0 amide bonds. The minimum absolute atomic E-state index is 0.297. The highest BCUT2D eigenvalue weighted by Crippen LogP contribution is 2.29. The van der Waals surface area contributed by atoms with Gasteiger partial charge in [-0.1, -0.05) is 13.8 Å². The molecule has 1 N–H and O–H groups in total. The van der Waals surface area contributed by atoms with Crippen LogP contribution in [0.3, 0.4) is 0 Å². The first-order valence-corrected chi connectivity index (χ1v) is 6.67. The monoisotopic (exact) mass is 249 g/mol. The summed E-state index contributed by atoms with van der Waals surface area (Å²) >= 11 is 0. The number of aliphatic hydroxyl groups is 1. The van der Waals surface area contributed by atoms with Gasteiger partial charge in [0, 0.05) is 31.4 Å². The van der Waals surface area contributed by atoms with Gasteiger partial charge in [0.15, 0.2) is 0 Å². The van der Waals surface area contributed by atoms with Crippen LogP contribution in [0.25, 0.3) is 0 Å². The minimum atomic E-state index is -0.618. The molecule has 18 heavy (non-hydrogen) atoms. The van der Waals surface area contributed by atoms with Crippen molar-refractivity contribution >= 4 is 5.95 Å². The molecule has 0 aliphatic carbocycles. The number of rotatable bonds is 3. The maximum Gasteiger partial charge on any atom is 0.225 e. The Kier molecular flexibility index (Phi) is 3.57. The molecule has 0 saturated carbocycles. The Morgan fingerprint density at radius 2 is 1.94 bits per heavy atom. The van der Waals surface area contributed by atoms with E-state index in [1.807, 2.05) is 26.2 Å². The van der Waals surface area contributed by atoms with Crippen molar-refractivity contribution < 1.29 is 5.11 Å². The molecular weight excluding hydrogens is 226 g/mol. The number of hydrogen-bond donors (Lipinski definition) is 1. The lowest BCUT2D eigenvalue weighted by Gasteiger charge is -2.25. The normalized spacial score (nSPS) is 20.8. The largest absolute Gasteiger partial charge is 0.390 e. The van der Waals surface area contributed by atoms with Crippen LogP contribution in [0.1, 0.15) is 45.6 Å². The third-order valence-corrected chi connectivity index (χ3v) is 3.80. The molecule has 100 valence electrons. The Hall–Kier alpha value is -1.16. The van der Waals surface area contributed by atoms with E-state index in [1.54, 1.807) is 0 Å². The van der Waals surface area contributed by atoms with Gasteiger partial charge in [-0.25, -0.2) is 9.97 Å². The average Bonchev–Trinajstić information content (AvgIpc) is 2.78. The number of anilines is 1. The van der Waals surface area contributed by atoms with E-state index in [4.69, 9.17) is 0 Å². The molecule has 4 heteroatoms. The summed E-state index contributed by atoms with van der Waals surface area (Å²) in [4.78, 5) is 11.0. The van der Waals surface area contributed by atoms with Crippen LogP contribution in [0.15, 0.2) is 12.4 Å². The highest BCUT2D eigenvalue weighted by Gasteiger charge is 2.34. The molecule has 2 rings (SSSR count). The van der Waals surface area contributed by atoms with Crippen molar-refractivity contribution in [3.05, 3.63) is 18.0 Å². The van der Waals surface area contributed by atoms with E-state index in [2.05, 4.69) is 28.7 Å². The molecule has 0 spiro atoms. The van der Waals surface area contributed by atoms with E-state index in [0.717, 1.165) is 31.0 Å². The standard InChI is InChI=1S/C14H23N3O/c1-10(2)11-7-15-13(16-8-11)17-6-5-12(9-17)14(3,4)18/h7-8,10,12,18H,5-6,9H2,1-4H3. The minimum Gasteiger partial charge on any atom is -0.390 e. The van der Waals surface area contributed by atoms with Crippen LogP contribution in [0.5, 0.6) is 0 Å². The first kappa shape index (κ1) is 13.3.